The second kappa shape index (κ2) is 9.09. The van der Waals surface area contributed by atoms with Gasteiger partial charge in [0.25, 0.3) is 0 Å². The molecular weight excluding hydrogens is 224 g/mol. The molecule has 0 aromatic heterocycles. The highest BCUT2D eigenvalue weighted by Gasteiger charge is 2.12. The predicted octanol–water partition coefficient (Wildman–Crippen LogP) is 1.70. The summed E-state index contributed by atoms with van der Waals surface area (Å²) in [7, 11) is 0. The minimum Gasteiger partial charge on any atom is -0.396 e. The van der Waals surface area contributed by atoms with Crippen molar-refractivity contribution in [3.8, 4) is 0 Å². The SMILES string of the molecule is CCC(CCO)NC(CN)CCc1ccccc1. The van der Waals surface area contributed by atoms with Gasteiger partial charge in [-0.2, -0.15) is 0 Å². The van der Waals surface area contributed by atoms with Crippen LogP contribution in [-0.4, -0.2) is 30.3 Å². The van der Waals surface area contributed by atoms with E-state index in [1.165, 1.54) is 5.56 Å². The van der Waals surface area contributed by atoms with Gasteiger partial charge in [-0.1, -0.05) is 37.3 Å². The third kappa shape index (κ3) is 5.63. The third-order valence-corrected chi connectivity index (χ3v) is 3.35. The van der Waals surface area contributed by atoms with Gasteiger partial charge < -0.3 is 16.2 Å². The van der Waals surface area contributed by atoms with E-state index in [0.29, 0.717) is 18.6 Å². The number of aryl methyl sites for hydroxylation is 1. The fraction of sp³-hybridized carbons (Fsp3) is 0.600. The molecule has 0 aliphatic rings. The molecule has 0 saturated carbocycles. The first-order chi connectivity index (χ1) is 8.80. The summed E-state index contributed by atoms with van der Waals surface area (Å²) in [6, 6.07) is 11.2. The van der Waals surface area contributed by atoms with Crippen LogP contribution in [0.15, 0.2) is 30.3 Å². The maximum absolute atomic E-state index is 8.99. The Bertz CT molecular complexity index is 303. The maximum atomic E-state index is 8.99. The van der Waals surface area contributed by atoms with Crippen LogP contribution in [0.4, 0.5) is 0 Å². The zero-order valence-corrected chi connectivity index (χ0v) is 11.3. The van der Waals surface area contributed by atoms with E-state index < -0.39 is 0 Å². The van der Waals surface area contributed by atoms with Crippen molar-refractivity contribution in [1.29, 1.82) is 0 Å². The van der Waals surface area contributed by atoms with E-state index in [2.05, 4.69) is 36.5 Å². The average molecular weight is 250 g/mol. The Labute approximate surface area is 110 Å². The number of benzene rings is 1. The highest BCUT2D eigenvalue weighted by atomic mass is 16.3. The van der Waals surface area contributed by atoms with Crippen molar-refractivity contribution in [2.75, 3.05) is 13.2 Å². The highest BCUT2D eigenvalue weighted by molar-refractivity contribution is 5.14. The predicted molar refractivity (Wildman–Crippen MR) is 76.5 cm³/mol. The molecule has 18 heavy (non-hydrogen) atoms. The highest BCUT2D eigenvalue weighted by Crippen LogP contribution is 2.06. The van der Waals surface area contributed by atoms with Crippen molar-refractivity contribution < 1.29 is 5.11 Å². The van der Waals surface area contributed by atoms with E-state index in [1.54, 1.807) is 0 Å². The molecule has 1 aromatic carbocycles. The molecule has 0 saturated heterocycles. The smallest absolute Gasteiger partial charge is 0.0445 e. The minimum absolute atomic E-state index is 0.238. The molecule has 4 N–H and O–H groups in total. The third-order valence-electron chi connectivity index (χ3n) is 3.35. The van der Waals surface area contributed by atoms with Crippen LogP contribution >= 0.6 is 0 Å². The van der Waals surface area contributed by atoms with E-state index in [-0.39, 0.29) is 6.61 Å². The summed E-state index contributed by atoms with van der Waals surface area (Å²) in [6.45, 7) is 3.02. The second-order valence-electron chi connectivity index (χ2n) is 4.74. The van der Waals surface area contributed by atoms with Crippen LogP contribution in [0.5, 0.6) is 0 Å². The molecule has 1 aromatic rings. The monoisotopic (exact) mass is 250 g/mol. The van der Waals surface area contributed by atoms with E-state index in [1.807, 2.05) is 6.07 Å². The van der Waals surface area contributed by atoms with Crippen LogP contribution in [0.2, 0.25) is 0 Å². The summed E-state index contributed by atoms with van der Waals surface area (Å²) in [5.74, 6) is 0. The van der Waals surface area contributed by atoms with Crippen molar-refractivity contribution in [2.45, 2.75) is 44.7 Å². The second-order valence-corrected chi connectivity index (χ2v) is 4.74. The fourth-order valence-corrected chi connectivity index (χ4v) is 2.15. The Morgan fingerprint density at radius 1 is 1.17 bits per heavy atom. The van der Waals surface area contributed by atoms with Gasteiger partial charge in [-0.25, -0.2) is 0 Å². The number of hydrogen-bond donors (Lipinski definition) is 3. The normalized spacial score (nSPS) is 14.4. The molecule has 0 amide bonds. The lowest BCUT2D eigenvalue weighted by atomic mass is 10.0. The number of nitrogens with two attached hydrogens (primary N) is 1. The molecule has 3 heteroatoms. The number of nitrogens with one attached hydrogen (secondary N) is 1. The van der Waals surface area contributed by atoms with Gasteiger partial charge >= 0.3 is 0 Å². The lowest BCUT2D eigenvalue weighted by Crippen LogP contribution is -2.43. The van der Waals surface area contributed by atoms with Crippen LogP contribution in [0.1, 0.15) is 31.7 Å². The molecule has 3 nitrogen and oxygen atoms in total. The molecule has 0 spiro atoms. The molecule has 0 heterocycles. The number of hydrogen-bond acceptors (Lipinski definition) is 3. The molecule has 0 radical (unpaired) electrons. The van der Waals surface area contributed by atoms with Crippen LogP contribution in [-0.2, 0) is 6.42 Å². The van der Waals surface area contributed by atoms with Crippen LogP contribution in [0, 0.1) is 0 Å². The van der Waals surface area contributed by atoms with Gasteiger partial charge in [-0.05, 0) is 31.2 Å². The molecule has 0 bridgehead atoms. The molecule has 102 valence electrons. The van der Waals surface area contributed by atoms with Gasteiger partial charge in [0.1, 0.15) is 0 Å². The van der Waals surface area contributed by atoms with E-state index in [9.17, 15) is 0 Å². The van der Waals surface area contributed by atoms with E-state index in [4.69, 9.17) is 10.8 Å². The number of aliphatic hydroxyl groups is 1. The quantitative estimate of drug-likeness (QED) is 0.625. The summed E-state index contributed by atoms with van der Waals surface area (Å²) >= 11 is 0. The maximum Gasteiger partial charge on any atom is 0.0445 e. The standard InChI is InChI=1S/C15H26N2O/c1-2-14(10-11-18)17-15(12-16)9-8-13-6-4-3-5-7-13/h3-7,14-15,17-18H,2,8-12,16H2,1H3. The summed E-state index contributed by atoms with van der Waals surface area (Å²) in [6.07, 6.45) is 3.93. The minimum atomic E-state index is 0.238. The lowest BCUT2D eigenvalue weighted by molar-refractivity contribution is 0.254. The van der Waals surface area contributed by atoms with Gasteiger partial charge in [-0.15, -0.1) is 0 Å². The summed E-state index contributed by atoms with van der Waals surface area (Å²) in [4.78, 5) is 0. The first-order valence-electron chi connectivity index (χ1n) is 6.91. The van der Waals surface area contributed by atoms with Gasteiger partial charge in [0.15, 0.2) is 0 Å². The number of aliphatic hydroxyl groups excluding tert-OH is 1. The topological polar surface area (TPSA) is 58.3 Å². The van der Waals surface area contributed by atoms with E-state index in [0.717, 1.165) is 25.7 Å². The number of rotatable bonds is 9. The zero-order chi connectivity index (χ0) is 13.2. The van der Waals surface area contributed by atoms with Crippen molar-refractivity contribution in [1.82, 2.24) is 5.32 Å². The summed E-state index contributed by atoms with van der Waals surface area (Å²) < 4.78 is 0. The summed E-state index contributed by atoms with van der Waals surface area (Å²) in [5.41, 5.74) is 7.17. The Balaban J connectivity index is 2.37. The average Bonchev–Trinajstić information content (AvgIpc) is 2.43. The Morgan fingerprint density at radius 3 is 2.44 bits per heavy atom. The van der Waals surface area contributed by atoms with Crippen LogP contribution < -0.4 is 11.1 Å². The molecule has 2 unspecified atom stereocenters. The fourth-order valence-electron chi connectivity index (χ4n) is 2.15. The zero-order valence-electron chi connectivity index (χ0n) is 11.3. The first-order valence-corrected chi connectivity index (χ1v) is 6.91. The molecule has 0 aliphatic carbocycles. The molecule has 1 rings (SSSR count). The Kier molecular flexibility index (Phi) is 7.65. The lowest BCUT2D eigenvalue weighted by Gasteiger charge is -2.23. The van der Waals surface area contributed by atoms with Crippen LogP contribution in [0.3, 0.4) is 0 Å². The molecule has 0 fully saturated rings. The van der Waals surface area contributed by atoms with Crippen molar-refractivity contribution in [2.24, 2.45) is 5.73 Å². The molecular formula is C15H26N2O. The Morgan fingerprint density at radius 2 is 1.89 bits per heavy atom. The molecule has 0 aliphatic heterocycles. The molecule has 2 atom stereocenters. The van der Waals surface area contributed by atoms with E-state index >= 15 is 0 Å². The van der Waals surface area contributed by atoms with Crippen molar-refractivity contribution in [3.05, 3.63) is 35.9 Å². The first kappa shape index (κ1) is 15.2. The van der Waals surface area contributed by atoms with Crippen molar-refractivity contribution >= 4 is 0 Å². The summed E-state index contributed by atoms with van der Waals surface area (Å²) in [5, 5.41) is 12.5. The Hall–Kier alpha value is -0.900. The van der Waals surface area contributed by atoms with Crippen LogP contribution in [0.25, 0.3) is 0 Å². The van der Waals surface area contributed by atoms with Gasteiger partial charge in [-0.3, -0.25) is 0 Å². The largest absolute Gasteiger partial charge is 0.396 e. The van der Waals surface area contributed by atoms with Gasteiger partial charge in [0, 0.05) is 25.2 Å². The van der Waals surface area contributed by atoms with Gasteiger partial charge in [0.2, 0.25) is 0 Å². The van der Waals surface area contributed by atoms with Crippen molar-refractivity contribution in [3.63, 3.8) is 0 Å². The van der Waals surface area contributed by atoms with Gasteiger partial charge in [0.05, 0.1) is 0 Å².